The minimum atomic E-state index is -0.311. The number of hydrogen-bond acceptors (Lipinski definition) is 4. The van der Waals surface area contributed by atoms with Crippen LogP contribution in [0.25, 0.3) is 0 Å². The molecule has 0 aromatic heterocycles. The summed E-state index contributed by atoms with van der Waals surface area (Å²) < 4.78 is 6.10. The molecule has 2 aliphatic rings. The number of carbonyl (C=O) groups excluding carboxylic acids is 1. The number of amidine groups is 1. The SMILES string of the molecule is CCOC(=O)c1ccc(NC2=NC(=S)N(c3ccc(Br)cc3)C23CCCCC3)cc1. The van der Waals surface area contributed by atoms with Crippen molar-refractivity contribution in [2.75, 3.05) is 16.8 Å². The first-order valence-corrected chi connectivity index (χ1v) is 11.5. The summed E-state index contributed by atoms with van der Waals surface area (Å²) in [5.41, 5.74) is 2.22. The highest BCUT2D eigenvalue weighted by Gasteiger charge is 2.49. The number of carbonyl (C=O) groups is 1. The van der Waals surface area contributed by atoms with Crippen LogP contribution in [0.15, 0.2) is 58.0 Å². The molecule has 1 heterocycles. The van der Waals surface area contributed by atoms with Crippen molar-refractivity contribution in [1.82, 2.24) is 0 Å². The number of esters is 1. The van der Waals surface area contributed by atoms with Gasteiger partial charge in [0.2, 0.25) is 5.11 Å². The molecule has 1 spiro atoms. The largest absolute Gasteiger partial charge is 0.462 e. The van der Waals surface area contributed by atoms with Gasteiger partial charge in [0.1, 0.15) is 11.4 Å². The molecule has 7 heteroatoms. The van der Waals surface area contributed by atoms with Gasteiger partial charge in [-0.2, -0.15) is 0 Å². The summed E-state index contributed by atoms with van der Waals surface area (Å²) in [5.74, 6) is 0.576. The van der Waals surface area contributed by atoms with Gasteiger partial charge in [-0.3, -0.25) is 0 Å². The number of nitrogens with zero attached hydrogens (tertiary/aromatic N) is 2. The molecule has 0 bridgehead atoms. The van der Waals surface area contributed by atoms with E-state index in [1.807, 2.05) is 24.3 Å². The van der Waals surface area contributed by atoms with Gasteiger partial charge < -0.3 is 15.0 Å². The van der Waals surface area contributed by atoms with Crippen molar-refractivity contribution in [2.24, 2.45) is 4.99 Å². The highest BCUT2D eigenvalue weighted by Crippen LogP contribution is 2.42. The minimum Gasteiger partial charge on any atom is -0.462 e. The summed E-state index contributed by atoms with van der Waals surface area (Å²) in [7, 11) is 0. The number of thiocarbonyl (C=S) groups is 1. The molecular weight excluding hydrogens is 462 g/mol. The average molecular weight is 486 g/mol. The molecule has 5 nitrogen and oxygen atoms in total. The average Bonchev–Trinajstić information content (AvgIpc) is 3.00. The van der Waals surface area contributed by atoms with Crippen molar-refractivity contribution in [3.05, 3.63) is 58.6 Å². The Labute approximate surface area is 190 Å². The number of ether oxygens (including phenoxy) is 1. The van der Waals surface area contributed by atoms with Gasteiger partial charge in [0, 0.05) is 15.8 Å². The van der Waals surface area contributed by atoms with Crippen LogP contribution in [0.4, 0.5) is 11.4 Å². The fourth-order valence-corrected chi connectivity index (χ4v) is 4.90. The quantitative estimate of drug-likeness (QED) is 0.428. The maximum atomic E-state index is 11.9. The second-order valence-corrected chi connectivity index (χ2v) is 8.85. The topological polar surface area (TPSA) is 53.9 Å². The van der Waals surface area contributed by atoms with Crippen LogP contribution in [-0.2, 0) is 4.74 Å². The van der Waals surface area contributed by atoms with Crippen LogP contribution in [0.5, 0.6) is 0 Å². The predicted octanol–water partition coefficient (Wildman–Crippen LogP) is 5.94. The second kappa shape index (κ2) is 8.86. The smallest absolute Gasteiger partial charge is 0.338 e. The fourth-order valence-electron chi connectivity index (χ4n) is 4.27. The molecule has 1 fully saturated rings. The first kappa shape index (κ1) is 21.0. The Morgan fingerprint density at radius 2 is 1.80 bits per heavy atom. The molecule has 0 amide bonds. The van der Waals surface area contributed by atoms with Crippen molar-refractivity contribution < 1.29 is 9.53 Å². The van der Waals surface area contributed by atoms with E-state index in [0.717, 1.165) is 47.4 Å². The number of hydrogen-bond donors (Lipinski definition) is 1. The molecule has 0 radical (unpaired) electrons. The van der Waals surface area contributed by atoms with E-state index in [4.69, 9.17) is 21.9 Å². The van der Waals surface area contributed by atoms with E-state index in [2.05, 4.69) is 38.3 Å². The Bertz CT molecular complexity index is 967. The molecule has 0 unspecified atom stereocenters. The number of benzene rings is 2. The lowest BCUT2D eigenvalue weighted by atomic mass is 9.79. The van der Waals surface area contributed by atoms with Crippen LogP contribution in [0.1, 0.15) is 49.4 Å². The number of rotatable bonds is 4. The molecular formula is C23H24BrN3O2S. The summed E-state index contributed by atoms with van der Waals surface area (Å²) in [6.07, 6.45) is 5.49. The lowest BCUT2D eigenvalue weighted by molar-refractivity contribution is 0.0526. The predicted molar refractivity (Wildman–Crippen MR) is 128 cm³/mol. The lowest BCUT2D eigenvalue weighted by Gasteiger charge is -2.42. The van der Waals surface area contributed by atoms with Crippen LogP contribution in [0.2, 0.25) is 0 Å². The van der Waals surface area contributed by atoms with Crippen LogP contribution in [0, 0.1) is 0 Å². The van der Waals surface area contributed by atoms with Gasteiger partial charge >= 0.3 is 5.97 Å². The van der Waals surface area contributed by atoms with E-state index in [9.17, 15) is 4.79 Å². The van der Waals surface area contributed by atoms with Gasteiger partial charge in [0.15, 0.2) is 0 Å². The van der Waals surface area contributed by atoms with E-state index in [0.29, 0.717) is 17.3 Å². The molecule has 30 heavy (non-hydrogen) atoms. The number of aliphatic imine (C=N–C) groups is 1. The normalized spacial score (nSPS) is 17.7. The number of anilines is 2. The monoisotopic (exact) mass is 485 g/mol. The fraction of sp³-hybridized carbons (Fsp3) is 0.348. The Kier molecular flexibility index (Phi) is 6.20. The van der Waals surface area contributed by atoms with Crippen molar-refractivity contribution in [3.8, 4) is 0 Å². The summed E-state index contributed by atoms with van der Waals surface area (Å²) >= 11 is 9.22. The molecule has 156 valence electrons. The van der Waals surface area contributed by atoms with Crippen LogP contribution in [-0.4, -0.2) is 29.1 Å². The van der Waals surface area contributed by atoms with E-state index in [-0.39, 0.29) is 11.5 Å². The van der Waals surface area contributed by atoms with Gasteiger partial charge in [-0.05, 0) is 80.5 Å². The van der Waals surface area contributed by atoms with Crippen molar-refractivity contribution in [1.29, 1.82) is 0 Å². The zero-order valence-electron chi connectivity index (χ0n) is 16.9. The standard InChI is InChI=1S/C23H24BrN3O2S/c1-2-29-20(28)16-6-10-18(11-7-16)25-21-23(14-4-3-5-15-23)27(22(30)26-21)19-12-8-17(24)9-13-19/h6-13H,2-5,14-15H2,1H3,(H,25,26,30). The van der Waals surface area contributed by atoms with Gasteiger partial charge in [0.25, 0.3) is 0 Å². The molecule has 2 aromatic rings. The first-order chi connectivity index (χ1) is 14.5. The molecule has 1 saturated carbocycles. The van der Waals surface area contributed by atoms with Crippen LogP contribution in [0.3, 0.4) is 0 Å². The summed E-state index contributed by atoms with van der Waals surface area (Å²) in [6.45, 7) is 2.16. The molecule has 2 aromatic carbocycles. The van der Waals surface area contributed by atoms with Crippen LogP contribution >= 0.6 is 28.1 Å². The Morgan fingerprint density at radius 1 is 1.13 bits per heavy atom. The van der Waals surface area contributed by atoms with Crippen molar-refractivity contribution in [3.63, 3.8) is 0 Å². The summed E-state index contributed by atoms with van der Waals surface area (Å²) in [6, 6.07) is 15.6. The molecule has 1 aliphatic heterocycles. The molecule has 1 aliphatic carbocycles. The molecule has 0 atom stereocenters. The van der Waals surface area contributed by atoms with Crippen LogP contribution < -0.4 is 10.2 Å². The van der Waals surface area contributed by atoms with E-state index in [1.165, 1.54) is 6.42 Å². The maximum absolute atomic E-state index is 11.9. The summed E-state index contributed by atoms with van der Waals surface area (Å²) in [4.78, 5) is 18.9. The zero-order valence-corrected chi connectivity index (χ0v) is 19.3. The highest BCUT2D eigenvalue weighted by molar-refractivity contribution is 9.10. The van der Waals surface area contributed by atoms with E-state index in [1.54, 1.807) is 19.1 Å². The van der Waals surface area contributed by atoms with Gasteiger partial charge in [0.05, 0.1) is 12.2 Å². The molecule has 1 N–H and O–H groups in total. The Morgan fingerprint density at radius 3 is 2.43 bits per heavy atom. The number of nitrogens with one attached hydrogen (secondary N) is 1. The second-order valence-electron chi connectivity index (χ2n) is 7.57. The third kappa shape index (κ3) is 4.01. The molecule has 0 saturated heterocycles. The van der Waals surface area contributed by atoms with Gasteiger partial charge in [-0.1, -0.05) is 35.2 Å². The third-order valence-electron chi connectivity index (χ3n) is 5.69. The first-order valence-electron chi connectivity index (χ1n) is 10.3. The van der Waals surface area contributed by atoms with E-state index >= 15 is 0 Å². The Balaban J connectivity index is 1.62. The lowest BCUT2D eigenvalue weighted by Crippen LogP contribution is -2.55. The van der Waals surface area contributed by atoms with Crippen molar-refractivity contribution >= 4 is 56.4 Å². The Hall–Kier alpha value is -2.25. The van der Waals surface area contributed by atoms with Crippen molar-refractivity contribution in [2.45, 2.75) is 44.6 Å². The zero-order chi connectivity index (χ0) is 21.1. The highest BCUT2D eigenvalue weighted by atomic mass is 79.9. The number of halogens is 1. The maximum Gasteiger partial charge on any atom is 0.338 e. The third-order valence-corrected chi connectivity index (χ3v) is 6.49. The van der Waals surface area contributed by atoms with Gasteiger partial charge in [-0.15, -0.1) is 0 Å². The van der Waals surface area contributed by atoms with E-state index < -0.39 is 0 Å². The molecule has 4 rings (SSSR count). The summed E-state index contributed by atoms with van der Waals surface area (Å²) in [5, 5.41) is 4.09. The van der Waals surface area contributed by atoms with Gasteiger partial charge in [-0.25, -0.2) is 9.79 Å². The minimum absolute atomic E-state index is 0.261.